The van der Waals surface area contributed by atoms with E-state index in [0.29, 0.717) is 47.2 Å². The normalized spacial score (nSPS) is 27.2. The molecule has 3 aromatic carbocycles. The summed E-state index contributed by atoms with van der Waals surface area (Å²) in [5.74, 6) is -1.13. The number of nitrogens with one attached hydrogen (secondary N) is 1. The van der Waals surface area contributed by atoms with E-state index in [1.807, 2.05) is 23.2 Å². The lowest BCUT2D eigenvalue weighted by atomic mass is 9.95. The zero-order chi connectivity index (χ0) is 28.9. The number of phenols is 1. The number of benzene rings is 3. The number of rotatable bonds is 7. The fourth-order valence-electron chi connectivity index (χ4n) is 7.39. The van der Waals surface area contributed by atoms with Gasteiger partial charge in [0.1, 0.15) is 17.1 Å². The van der Waals surface area contributed by atoms with Crippen molar-refractivity contribution in [2.24, 2.45) is 5.41 Å². The lowest BCUT2D eigenvalue weighted by Crippen LogP contribution is -2.53. The van der Waals surface area contributed by atoms with E-state index in [9.17, 15) is 5.11 Å². The van der Waals surface area contributed by atoms with E-state index in [-0.39, 0.29) is 40.0 Å². The third kappa shape index (κ3) is 4.24. The lowest BCUT2D eigenvalue weighted by molar-refractivity contribution is 0.0231. The second-order valence-electron chi connectivity index (χ2n) is 12.7. The molecule has 6 fully saturated rings. The zero-order valence-electron chi connectivity index (χ0n) is 23.6. The van der Waals surface area contributed by atoms with Gasteiger partial charge in [-0.25, -0.2) is 8.78 Å². The molecule has 4 aromatic rings. The number of morpholine rings is 1. The zero-order valence-corrected chi connectivity index (χ0v) is 23.6. The minimum atomic E-state index is -0.795. The SMILES string of the molecule is Oc1cc(-c2c(F)cc3c(N4CC5CC6C(N5)N64)nc(OCC4(CN5CCOCC5)CC4)nc3c2F)c2ccccc2c1. The summed E-state index contributed by atoms with van der Waals surface area (Å²) in [6.07, 6.45) is 3.38. The molecule has 2 N–H and O–H groups in total. The highest BCUT2D eigenvalue weighted by Crippen LogP contribution is 2.48. The van der Waals surface area contributed by atoms with Gasteiger partial charge in [0.05, 0.1) is 49.5 Å². The smallest absolute Gasteiger partial charge is 0.319 e. The van der Waals surface area contributed by atoms with E-state index >= 15 is 8.78 Å². The van der Waals surface area contributed by atoms with Crippen molar-refractivity contribution in [1.82, 2.24) is 25.2 Å². The van der Waals surface area contributed by atoms with Crippen LogP contribution in [0.3, 0.4) is 0 Å². The maximum absolute atomic E-state index is 16.7. The Kier molecular flexibility index (Phi) is 5.66. The van der Waals surface area contributed by atoms with Gasteiger partial charge < -0.3 is 14.6 Å². The molecule has 1 saturated carbocycles. The first-order valence-corrected chi connectivity index (χ1v) is 15.1. The first-order valence-electron chi connectivity index (χ1n) is 15.1. The van der Waals surface area contributed by atoms with Crippen LogP contribution in [0, 0.1) is 17.0 Å². The molecule has 6 heterocycles. The van der Waals surface area contributed by atoms with E-state index in [4.69, 9.17) is 14.5 Å². The minimum Gasteiger partial charge on any atom is -0.508 e. The number of hydrogen-bond acceptors (Lipinski definition) is 9. The molecule has 5 saturated heterocycles. The summed E-state index contributed by atoms with van der Waals surface area (Å²) in [6.45, 7) is 5.30. The molecule has 1 aliphatic carbocycles. The fraction of sp³-hybridized carbons (Fsp3) is 0.438. The molecular weight excluding hydrogens is 554 g/mol. The minimum absolute atomic E-state index is 0.00690. The van der Waals surface area contributed by atoms with Crippen LogP contribution in [0.2, 0.25) is 0 Å². The van der Waals surface area contributed by atoms with Crippen LogP contribution in [0.15, 0.2) is 42.5 Å². The van der Waals surface area contributed by atoms with Crippen molar-refractivity contribution in [3.63, 3.8) is 0 Å². The molecule has 0 spiro atoms. The van der Waals surface area contributed by atoms with Crippen LogP contribution in [0.4, 0.5) is 14.6 Å². The molecule has 0 radical (unpaired) electrons. The third-order valence-corrected chi connectivity index (χ3v) is 9.83. The van der Waals surface area contributed by atoms with Crippen LogP contribution < -0.4 is 15.1 Å². The van der Waals surface area contributed by atoms with Gasteiger partial charge in [-0.05, 0) is 53.8 Å². The van der Waals surface area contributed by atoms with E-state index in [2.05, 4.69) is 20.2 Å². The van der Waals surface area contributed by atoms with Crippen molar-refractivity contribution < 1.29 is 23.4 Å². The molecule has 6 aliphatic rings. The van der Waals surface area contributed by atoms with Crippen LogP contribution in [0.25, 0.3) is 32.8 Å². The Bertz CT molecular complexity index is 1770. The highest BCUT2D eigenvalue weighted by molar-refractivity contribution is 6.01. The standard InChI is InChI=1S/C32H32F2N6O3/c33-24-14-23-28(27(34)26(24)22-13-20(41)11-18-3-1-2-4-21(18)22)36-31(37-29(23)39-15-19-12-25-30(35-19)40(25)39)43-17-32(5-6-32)16-38-7-9-42-10-8-38/h1-4,11,13-14,19,25,30,35,41H,5-10,12,15-17H2. The largest absolute Gasteiger partial charge is 0.508 e. The number of hydrazine groups is 1. The van der Waals surface area contributed by atoms with Crippen molar-refractivity contribution in [1.29, 1.82) is 0 Å². The Morgan fingerprint density at radius 1 is 1.07 bits per heavy atom. The Balaban J connectivity index is 1.14. The van der Waals surface area contributed by atoms with Crippen molar-refractivity contribution in [2.45, 2.75) is 37.5 Å². The fourth-order valence-corrected chi connectivity index (χ4v) is 7.39. The molecule has 1 aromatic heterocycles. The van der Waals surface area contributed by atoms with Crippen LogP contribution in [0.5, 0.6) is 11.8 Å². The summed E-state index contributed by atoms with van der Waals surface area (Å²) >= 11 is 0. The monoisotopic (exact) mass is 586 g/mol. The number of nitrogens with zero attached hydrogens (tertiary/aromatic N) is 5. The molecule has 5 aliphatic heterocycles. The summed E-state index contributed by atoms with van der Waals surface area (Å²) in [7, 11) is 0. The summed E-state index contributed by atoms with van der Waals surface area (Å²) in [5.41, 5.74) is 0.0679. The van der Waals surface area contributed by atoms with E-state index in [1.165, 1.54) is 12.1 Å². The highest BCUT2D eigenvalue weighted by Gasteiger charge is 2.62. The average molecular weight is 587 g/mol. The summed E-state index contributed by atoms with van der Waals surface area (Å²) in [5, 5.41) is 19.9. The Hall–Kier alpha value is -3.64. The summed E-state index contributed by atoms with van der Waals surface area (Å²) < 4.78 is 44.5. The molecule has 0 amide bonds. The number of hydrogen-bond donors (Lipinski definition) is 2. The van der Waals surface area contributed by atoms with Gasteiger partial charge in [-0.1, -0.05) is 24.3 Å². The molecular formula is C32H32F2N6O3. The maximum Gasteiger partial charge on any atom is 0.319 e. The molecule has 4 unspecified atom stereocenters. The Morgan fingerprint density at radius 3 is 2.67 bits per heavy atom. The van der Waals surface area contributed by atoms with Crippen LogP contribution in [-0.4, -0.2) is 89.2 Å². The van der Waals surface area contributed by atoms with Crippen LogP contribution in [0.1, 0.15) is 19.3 Å². The second kappa shape index (κ2) is 9.43. The van der Waals surface area contributed by atoms with Gasteiger partial charge in [-0.3, -0.25) is 15.2 Å². The van der Waals surface area contributed by atoms with Gasteiger partial charge in [-0.15, -0.1) is 0 Å². The van der Waals surface area contributed by atoms with Gasteiger partial charge in [0.25, 0.3) is 0 Å². The topological polar surface area (TPSA) is 86.0 Å². The molecule has 222 valence electrons. The number of halogens is 2. The first kappa shape index (κ1) is 25.8. The third-order valence-electron chi connectivity index (χ3n) is 9.83. The Labute approximate surface area is 247 Å². The number of fused-ring (bicyclic) bond motifs is 3. The predicted molar refractivity (Wildman–Crippen MR) is 157 cm³/mol. The van der Waals surface area contributed by atoms with Gasteiger partial charge >= 0.3 is 6.01 Å². The van der Waals surface area contributed by atoms with Crippen molar-refractivity contribution >= 4 is 27.5 Å². The molecule has 4 bridgehead atoms. The van der Waals surface area contributed by atoms with Crippen molar-refractivity contribution in [3.8, 4) is 22.9 Å². The van der Waals surface area contributed by atoms with Gasteiger partial charge in [0, 0.05) is 31.1 Å². The van der Waals surface area contributed by atoms with E-state index < -0.39 is 11.6 Å². The summed E-state index contributed by atoms with van der Waals surface area (Å²) in [4.78, 5) is 11.8. The van der Waals surface area contributed by atoms with Crippen molar-refractivity contribution in [3.05, 3.63) is 54.1 Å². The van der Waals surface area contributed by atoms with Gasteiger partial charge in [0.15, 0.2) is 11.6 Å². The number of aromatic nitrogens is 2. The quantitative estimate of drug-likeness (QED) is 0.312. The summed E-state index contributed by atoms with van der Waals surface area (Å²) in [6, 6.07) is 12.3. The molecule has 11 heteroatoms. The number of ether oxygens (including phenoxy) is 2. The first-order chi connectivity index (χ1) is 21.0. The molecule has 4 atom stereocenters. The Morgan fingerprint density at radius 2 is 1.91 bits per heavy atom. The van der Waals surface area contributed by atoms with Crippen LogP contribution in [-0.2, 0) is 4.74 Å². The number of phenolic OH excluding ortho intramolecular Hbond substituents is 1. The number of aromatic hydroxyl groups is 1. The highest BCUT2D eigenvalue weighted by atomic mass is 19.1. The lowest BCUT2D eigenvalue weighted by Gasteiger charge is -2.37. The predicted octanol–water partition coefficient (Wildman–Crippen LogP) is 4.03. The van der Waals surface area contributed by atoms with Gasteiger partial charge in [-0.2, -0.15) is 15.0 Å². The molecule has 43 heavy (non-hydrogen) atoms. The van der Waals surface area contributed by atoms with Gasteiger partial charge in [0.2, 0.25) is 0 Å². The molecule has 10 rings (SSSR count). The number of anilines is 1. The second-order valence-corrected chi connectivity index (χ2v) is 12.7. The molecule has 9 nitrogen and oxygen atoms in total. The maximum atomic E-state index is 16.7. The van der Waals surface area contributed by atoms with E-state index in [0.717, 1.165) is 52.1 Å². The van der Waals surface area contributed by atoms with E-state index in [1.54, 1.807) is 12.1 Å². The van der Waals surface area contributed by atoms with Crippen LogP contribution >= 0.6 is 0 Å². The average Bonchev–Trinajstić information content (AvgIpc) is 3.91. The van der Waals surface area contributed by atoms with Crippen molar-refractivity contribution in [2.75, 3.05) is 51.0 Å².